The molecule has 1 N–H and O–H groups in total. The molecule has 168 valence electrons. The van der Waals surface area contributed by atoms with Gasteiger partial charge in [0, 0.05) is 24.7 Å². The van der Waals surface area contributed by atoms with E-state index in [2.05, 4.69) is 5.32 Å². The molecule has 31 heavy (non-hydrogen) atoms. The van der Waals surface area contributed by atoms with Crippen LogP contribution in [0.5, 0.6) is 0 Å². The van der Waals surface area contributed by atoms with Gasteiger partial charge in [-0.05, 0) is 36.8 Å². The van der Waals surface area contributed by atoms with Gasteiger partial charge in [0.05, 0.1) is 10.6 Å². The lowest BCUT2D eigenvalue weighted by molar-refractivity contribution is -0.129. The van der Waals surface area contributed by atoms with Gasteiger partial charge in [-0.2, -0.15) is 4.31 Å². The first-order valence-electron chi connectivity index (χ1n) is 9.63. The summed E-state index contributed by atoms with van der Waals surface area (Å²) >= 11 is 12.1. The topological polar surface area (TPSA) is 92.8 Å². The first-order chi connectivity index (χ1) is 14.6. The van der Waals surface area contributed by atoms with E-state index in [0.29, 0.717) is 5.02 Å². The molecule has 1 unspecified atom stereocenters. The van der Waals surface area contributed by atoms with E-state index in [9.17, 15) is 18.0 Å². The molecule has 7 nitrogen and oxygen atoms in total. The Hall–Kier alpha value is -2.13. The molecule has 0 saturated heterocycles. The van der Waals surface area contributed by atoms with Crippen LogP contribution in [0, 0.1) is 0 Å². The summed E-state index contributed by atoms with van der Waals surface area (Å²) in [6.45, 7) is 5.52. The summed E-state index contributed by atoms with van der Waals surface area (Å²) in [5, 5.41) is 3.15. The summed E-state index contributed by atoms with van der Waals surface area (Å²) < 4.78 is 32.0. The predicted octanol–water partition coefficient (Wildman–Crippen LogP) is 3.89. The molecule has 2 rings (SSSR count). The number of ether oxygens (including phenoxy) is 1. The van der Waals surface area contributed by atoms with Crippen molar-refractivity contribution < 1.29 is 22.7 Å². The molecule has 0 saturated carbocycles. The Balaban J connectivity index is 2.11. The number of carbonyl (C=O) groups is 2. The van der Waals surface area contributed by atoms with Gasteiger partial charge in [-0.3, -0.25) is 4.79 Å². The van der Waals surface area contributed by atoms with Gasteiger partial charge in [-0.1, -0.05) is 55.2 Å². The molecule has 0 aromatic heterocycles. The number of amides is 1. The predicted molar refractivity (Wildman–Crippen MR) is 120 cm³/mol. The maximum Gasteiger partial charge on any atom is 0.338 e. The molecular formula is C21H24Cl2N2O5S. The number of sulfonamides is 1. The Kier molecular flexibility index (Phi) is 8.88. The second-order valence-corrected chi connectivity index (χ2v) is 9.31. The number of nitrogens with zero attached hydrogens (tertiary/aromatic N) is 1. The van der Waals surface area contributed by atoms with E-state index in [1.807, 2.05) is 0 Å². The van der Waals surface area contributed by atoms with E-state index in [0.717, 1.165) is 11.6 Å². The van der Waals surface area contributed by atoms with Crippen molar-refractivity contribution in [2.24, 2.45) is 0 Å². The number of benzene rings is 2. The van der Waals surface area contributed by atoms with Crippen molar-refractivity contribution in [3.05, 3.63) is 63.6 Å². The molecule has 2 aromatic rings. The molecule has 0 aliphatic rings. The highest BCUT2D eigenvalue weighted by atomic mass is 35.5. The van der Waals surface area contributed by atoms with Crippen LogP contribution in [0.2, 0.25) is 10.0 Å². The minimum atomic E-state index is -3.87. The zero-order valence-electron chi connectivity index (χ0n) is 17.4. The smallest absolute Gasteiger partial charge is 0.338 e. The Bertz CT molecular complexity index is 1060. The van der Waals surface area contributed by atoms with E-state index >= 15 is 0 Å². The van der Waals surface area contributed by atoms with Crippen molar-refractivity contribution in [1.82, 2.24) is 9.62 Å². The fourth-order valence-electron chi connectivity index (χ4n) is 2.78. The van der Waals surface area contributed by atoms with Crippen molar-refractivity contribution in [3.63, 3.8) is 0 Å². The van der Waals surface area contributed by atoms with Gasteiger partial charge in [0.2, 0.25) is 10.0 Å². The van der Waals surface area contributed by atoms with Gasteiger partial charge in [-0.15, -0.1) is 0 Å². The highest BCUT2D eigenvalue weighted by Crippen LogP contribution is 2.26. The standard InChI is InChI=1S/C21H24Cl2N2O5S/c1-4-25(5-2)31(28,29)19-12-15(10-11-18(19)23)21(27)30-14(3)20(26)24-13-16-8-6-7-9-17(16)22/h6-12,14H,4-5,13H2,1-3H3,(H,24,26). The molecule has 1 atom stereocenters. The average molecular weight is 487 g/mol. The van der Waals surface area contributed by atoms with Crippen LogP contribution in [-0.2, 0) is 26.1 Å². The van der Waals surface area contributed by atoms with Crippen molar-refractivity contribution in [3.8, 4) is 0 Å². The van der Waals surface area contributed by atoms with Crippen molar-refractivity contribution in [1.29, 1.82) is 0 Å². The summed E-state index contributed by atoms with van der Waals surface area (Å²) in [5.74, 6) is -1.36. The van der Waals surface area contributed by atoms with Crippen LogP contribution >= 0.6 is 23.2 Å². The molecule has 0 aliphatic carbocycles. The van der Waals surface area contributed by atoms with Gasteiger partial charge in [0.15, 0.2) is 6.10 Å². The van der Waals surface area contributed by atoms with Crippen LogP contribution in [0.25, 0.3) is 0 Å². The highest BCUT2D eigenvalue weighted by Gasteiger charge is 2.27. The van der Waals surface area contributed by atoms with Crippen LogP contribution in [0.15, 0.2) is 47.4 Å². The van der Waals surface area contributed by atoms with Crippen LogP contribution in [0.1, 0.15) is 36.7 Å². The Morgan fingerprint density at radius 1 is 1.06 bits per heavy atom. The number of carbonyl (C=O) groups excluding carboxylic acids is 2. The molecule has 0 radical (unpaired) electrons. The first kappa shape index (κ1) is 25.1. The minimum Gasteiger partial charge on any atom is -0.449 e. The summed E-state index contributed by atoms with van der Waals surface area (Å²) in [6.07, 6.45) is -1.10. The number of hydrogen-bond donors (Lipinski definition) is 1. The highest BCUT2D eigenvalue weighted by molar-refractivity contribution is 7.89. The van der Waals surface area contributed by atoms with E-state index < -0.39 is 28.0 Å². The number of esters is 1. The summed E-state index contributed by atoms with van der Waals surface area (Å²) in [5.41, 5.74) is 0.695. The summed E-state index contributed by atoms with van der Waals surface area (Å²) in [6, 6.07) is 10.9. The molecule has 0 spiro atoms. The SMILES string of the molecule is CCN(CC)S(=O)(=O)c1cc(C(=O)OC(C)C(=O)NCc2ccccc2Cl)ccc1Cl. The fraction of sp³-hybridized carbons (Fsp3) is 0.333. The van der Waals surface area contributed by atoms with Crippen molar-refractivity contribution in [2.45, 2.75) is 38.3 Å². The number of hydrogen-bond acceptors (Lipinski definition) is 5. The van der Waals surface area contributed by atoms with Crippen molar-refractivity contribution in [2.75, 3.05) is 13.1 Å². The minimum absolute atomic E-state index is 0.00557. The zero-order valence-corrected chi connectivity index (χ0v) is 19.7. The zero-order chi connectivity index (χ0) is 23.2. The first-order valence-corrected chi connectivity index (χ1v) is 11.8. The normalized spacial score (nSPS) is 12.5. The van der Waals surface area contributed by atoms with Crippen LogP contribution in [-0.4, -0.2) is 43.8 Å². The third-order valence-corrected chi connectivity index (χ3v) is 7.45. The van der Waals surface area contributed by atoms with Gasteiger partial charge in [-0.25, -0.2) is 13.2 Å². The van der Waals surface area contributed by atoms with E-state index in [1.54, 1.807) is 38.1 Å². The molecule has 0 heterocycles. The monoisotopic (exact) mass is 486 g/mol. The number of rotatable bonds is 9. The van der Waals surface area contributed by atoms with E-state index in [-0.39, 0.29) is 35.1 Å². The molecule has 0 aliphatic heterocycles. The second kappa shape index (κ2) is 10.9. The third kappa shape index (κ3) is 6.20. The van der Waals surface area contributed by atoms with Crippen LogP contribution < -0.4 is 5.32 Å². The fourth-order valence-corrected chi connectivity index (χ4v) is 4.94. The molecular weight excluding hydrogens is 463 g/mol. The number of halogens is 2. The molecule has 2 aromatic carbocycles. The molecule has 1 amide bonds. The van der Waals surface area contributed by atoms with Gasteiger partial charge < -0.3 is 10.1 Å². The lowest BCUT2D eigenvalue weighted by Crippen LogP contribution is -2.35. The average Bonchev–Trinajstić information content (AvgIpc) is 2.73. The second-order valence-electron chi connectivity index (χ2n) is 6.59. The lowest BCUT2D eigenvalue weighted by Gasteiger charge is -2.20. The summed E-state index contributed by atoms with van der Waals surface area (Å²) in [4.78, 5) is 24.6. The van der Waals surface area contributed by atoms with Crippen LogP contribution in [0.3, 0.4) is 0 Å². The maximum atomic E-state index is 12.8. The Labute approximate surface area is 192 Å². The molecule has 0 bridgehead atoms. The molecule has 10 heteroatoms. The van der Waals surface area contributed by atoms with E-state index in [4.69, 9.17) is 27.9 Å². The largest absolute Gasteiger partial charge is 0.449 e. The third-order valence-electron chi connectivity index (χ3n) is 4.55. The van der Waals surface area contributed by atoms with E-state index in [1.165, 1.54) is 23.4 Å². The van der Waals surface area contributed by atoms with Gasteiger partial charge >= 0.3 is 5.97 Å². The van der Waals surface area contributed by atoms with Crippen molar-refractivity contribution >= 4 is 45.1 Å². The Morgan fingerprint density at radius 3 is 2.32 bits per heavy atom. The van der Waals surface area contributed by atoms with Gasteiger partial charge in [0.1, 0.15) is 4.90 Å². The van der Waals surface area contributed by atoms with Crippen LogP contribution in [0.4, 0.5) is 0 Å². The lowest BCUT2D eigenvalue weighted by atomic mass is 10.2. The maximum absolute atomic E-state index is 12.8. The van der Waals surface area contributed by atoms with Gasteiger partial charge in [0.25, 0.3) is 5.91 Å². The summed E-state index contributed by atoms with van der Waals surface area (Å²) in [7, 11) is -3.87. The Morgan fingerprint density at radius 2 is 1.71 bits per heavy atom. The number of nitrogens with one attached hydrogen (secondary N) is 1. The quantitative estimate of drug-likeness (QED) is 0.542. The molecule has 0 fully saturated rings.